The third-order valence-corrected chi connectivity index (χ3v) is 5.57. The van der Waals surface area contributed by atoms with Crippen LogP contribution in [0.5, 0.6) is 0 Å². The van der Waals surface area contributed by atoms with E-state index < -0.39 is 9.84 Å². The first-order chi connectivity index (χ1) is 9.02. The van der Waals surface area contributed by atoms with Crippen LogP contribution in [-0.2, 0) is 29.1 Å². The Morgan fingerprint density at radius 1 is 1.37 bits per heavy atom. The summed E-state index contributed by atoms with van der Waals surface area (Å²) >= 11 is 0. The molecule has 0 spiro atoms. The SMILES string of the molecule is CCc1nn(C2CCS(=O)(=O)C2)c(CC)c1CCN. The molecule has 1 unspecified atom stereocenters. The van der Waals surface area contributed by atoms with Gasteiger partial charge in [-0.1, -0.05) is 13.8 Å². The molecular formula is C13H23N3O2S. The molecule has 0 saturated carbocycles. The molecule has 1 saturated heterocycles. The first-order valence-electron chi connectivity index (χ1n) is 7.02. The molecule has 1 aliphatic rings. The lowest BCUT2D eigenvalue weighted by Crippen LogP contribution is -2.15. The lowest BCUT2D eigenvalue weighted by Gasteiger charge is -2.13. The number of sulfone groups is 1. The van der Waals surface area contributed by atoms with Gasteiger partial charge in [0.05, 0.1) is 23.2 Å². The second-order valence-electron chi connectivity index (χ2n) is 5.12. The minimum absolute atomic E-state index is 0.0109. The van der Waals surface area contributed by atoms with Gasteiger partial charge in [-0.25, -0.2) is 8.42 Å². The molecule has 2 N–H and O–H groups in total. The van der Waals surface area contributed by atoms with Gasteiger partial charge in [-0.3, -0.25) is 4.68 Å². The second kappa shape index (κ2) is 5.63. The Morgan fingerprint density at radius 3 is 2.58 bits per heavy atom. The van der Waals surface area contributed by atoms with Crippen molar-refractivity contribution in [3.05, 3.63) is 17.0 Å². The van der Waals surface area contributed by atoms with E-state index in [-0.39, 0.29) is 17.5 Å². The number of hydrogen-bond donors (Lipinski definition) is 1. The highest BCUT2D eigenvalue weighted by Gasteiger charge is 2.32. The van der Waals surface area contributed by atoms with E-state index in [1.54, 1.807) is 0 Å². The molecular weight excluding hydrogens is 262 g/mol. The Morgan fingerprint density at radius 2 is 2.11 bits per heavy atom. The average Bonchev–Trinajstić information content (AvgIpc) is 2.90. The summed E-state index contributed by atoms with van der Waals surface area (Å²) in [7, 11) is -2.88. The van der Waals surface area contributed by atoms with Crippen molar-refractivity contribution in [1.82, 2.24) is 9.78 Å². The van der Waals surface area contributed by atoms with Crippen LogP contribution in [0.1, 0.15) is 43.3 Å². The van der Waals surface area contributed by atoms with E-state index in [0.29, 0.717) is 13.0 Å². The average molecular weight is 285 g/mol. The fourth-order valence-electron chi connectivity index (χ4n) is 2.92. The summed E-state index contributed by atoms with van der Waals surface area (Å²) < 4.78 is 25.2. The standard InChI is InChI=1S/C13H23N3O2S/c1-3-12-11(5-7-14)13(4-2)16(15-12)10-6-8-19(17,18)9-10/h10H,3-9,14H2,1-2H3. The molecule has 1 aliphatic heterocycles. The zero-order chi connectivity index (χ0) is 14.0. The van der Waals surface area contributed by atoms with Crippen molar-refractivity contribution in [1.29, 1.82) is 0 Å². The monoisotopic (exact) mass is 285 g/mol. The highest BCUT2D eigenvalue weighted by Crippen LogP contribution is 2.28. The summed E-state index contributed by atoms with van der Waals surface area (Å²) in [6.07, 6.45) is 3.25. The molecule has 1 aromatic rings. The van der Waals surface area contributed by atoms with Crippen molar-refractivity contribution >= 4 is 9.84 Å². The van der Waals surface area contributed by atoms with Crippen LogP contribution in [-0.4, -0.2) is 36.2 Å². The third kappa shape index (κ3) is 2.84. The molecule has 108 valence electrons. The van der Waals surface area contributed by atoms with Crippen LogP contribution in [0, 0.1) is 0 Å². The van der Waals surface area contributed by atoms with Crippen LogP contribution in [0.15, 0.2) is 0 Å². The van der Waals surface area contributed by atoms with Crippen molar-refractivity contribution in [2.45, 2.75) is 45.6 Å². The first-order valence-corrected chi connectivity index (χ1v) is 8.84. The quantitative estimate of drug-likeness (QED) is 0.870. The highest BCUT2D eigenvalue weighted by molar-refractivity contribution is 7.91. The number of hydrogen-bond acceptors (Lipinski definition) is 4. The number of nitrogens with two attached hydrogens (primary N) is 1. The minimum Gasteiger partial charge on any atom is -0.330 e. The van der Waals surface area contributed by atoms with Crippen LogP contribution >= 0.6 is 0 Å². The van der Waals surface area contributed by atoms with E-state index >= 15 is 0 Å². The van der Waals surface area contributed by atoms with E-state index in [0.717, 1.165) is 25.0 Å². The molecule has 0 amide bonds. The number of nitrogens with zero attached hydrogens (tertiary/aromatic N) is 2. The van der Waals surface area contributed by atoms with Crippen molar-refractivity contribution in [3.8, 4) is 0 Å². The predicted octanol–water partition coefficient (Wildman–Crippen LogP) is 0.869. The highest BCUT2D eigenvalue weighted by atomic mass is 32.2. The maximum atomic E-state index is 11.6. The molecule has 0 aliphatic carbocycles. The fraction of sp³-hybridized carbons (Fsp3) is 0.769. The van der Waals surface area contributed by atoms with Gasteiger partial charge in [0.2, 0.25) is 0 Å². The van der Waals surface area contributed by atoms with Crippen LogP contribution in [0.3, 0.4) is 0 Å². The third-order valence-electron chi connectivity index (χ3n) is 3.82. The molecule has 19 heavy (non-hydrogen) atoms. The second-order valence-corrected chi connectivity index (χ2v) is 7.35. The van der Waals surface area contributed by atoms with Gasteiger partial charge in [-0.15, -0.1) is 0 Å². The molecule has 6 heteroatoms. The molecule has 0 bridgehead atoms. The van der Waals surface area contributed by atoms with Gasteiger partial charge in [0.1, 0.15) is 0 Å². The summed E-state index contributed by atoms with van der Waals surface area (Å²) in [5, 5.41) is 4.66. The zero-order valence-corrected chi connectivity index (χ0v) is 12.5. The number of rotatable bonds is 5. The molecule has 2 heterocycles. The van der Waals surface area contributed by atoms with Crippen molar-refractivity contribution in [2.75, 3.05) is 18.1 Å². The summed E-state index contributed by atoms with van der Waals surface area (Å²) in [5.74, 6) is 0.515. The van der Waals surface area contributed by atoms with Crippen molar-refractivity contribution in [3.63, 3.8) is 0 Å². The van der Waals surface area contributed by atoms with Gasteiger partial charge in [0, 0.05) is 5.69 Å². The van der Waals surface area contributed by atoms with Crippen molar-refractivity contribution in [2.24, 2.45) is 5.73 Å². The van der Waals surface area contributed by atoms with Crippen molar-refractivity contribution < 1.29 is 8.42 Å². The van der Waals surface area contributed by atoms with E-state index in [9.17, 15) is 8.42 Å². The summed E-state index contributed by atoms with van der Waals surface area (Å²) in [6.45, 7) is 4.78. The van der Waals surface area contributed by atoms with E-state index in [1.807, 2.05) is 4.68 Å². The van der Waals surface area contributed by atoms with E-state index in [1.165, 1.54) is 11.3 Å². The molecule has 2 rings (SSSR count). The maximum absolute atomic E-state index is 11.6. The normalized spacial score (nSPS) is 21.9. The Labute approximate surface area is 115 Å². The zero-order valence-electron chi connectivity index (χ0n) is 11.7. The molecule has 1 atom stereocenters. The van der Waals surface area contributed by atoms with E-state index in [2.05, 4.69) is 18.9 Å². The minimum atomic E-state index is -2.88. The Bertz CT molecular complexity index is 548. The summed E-state index contributed by atoms with van der Waals surface area (Å²) in [4.78, 5) is 0. The van der Waals surface area contributed by atoms with Gasteiger partial charge >= 0.3 is 0 Å². The number of aryl methyl sites for hydroxylation is 1. The van der Waals surface area contributed by atoms with Crippen LogP contribution in [0.2, 0.25) is 0 Å². The maximum Gasteiger partial charge on any atom is 0.152 e. The Hall–Kier alpha value is -0.880. The molecule has 0 radical (unpaired) electrons. The van der Waals surface area contributed by atoms with Crippen LogP contribution in [0.25, 0.3) is 0 Å². The molecule has 5 nitrogen and oxygen atoms in total. The smallest absolute Gasteiger partial charge is 0.152 e. The molecule has 0 aromatic carbocycles. The predicted molar refractivity (Wildman–Crippen MR) is 76.0 cm³/mol. The van der Waals surface area contributed by atoms with Gasteiger partial charge in [0.15, 0.2) is 9.84 Å². The summed E-state index contributed by atoms with van der Waals surface area (Å²) in [5.41, 5.74) is 9.16. The fourth-order valence-corrected chi connectivity index (χ4v) is 4.61. The number of aromatic nitrogens is 2. The van der Waals surface area contributed by atoms with Gasteiger partial charge < -0.3 is 5.73 Å². The topological polar surface area (TPSA) is 78.0 Å². The largest absolute Gasteiger partial charge is 0.330 e. The van der Waals surface area contributed by atoms with Gasteiger partial charge in [-0.2, -0.15) is 5.10 Å². The lowest BCUT2D eigenvalue weighted by molar-refractivity contribution is 0.478. The Kier molecular flexibility index (Phi) is 4.30. The van der Waals surface area contributed by atoms with Crippen LogP contribution < -0.4 is 5.73 Å². The first kappa shape index (κ1) is 14.5. The van der Waals surface area contributed by atoms with Crippen LogP contribution in [0.4, 0.5) is 0 Å². The molecule has 1 fully saturated rings. The lowest BCUT2D eigenvalue weighted by atomic mass is 10.1. The van der Waals surface area contributed by atoms with Gasteiger partial charge in [0.25, 0.3) is 0 Å². The summed E-state index contributed by atoms with van der Waals surface area (Å²) in [6, 6.07) is 0.0109. The van der Waals surface area contributed by atoms with E-state index in [4.69, 9.17) is 5.73 Å². The Balaban J connectivity index is 2.40. The molecule has 1 aromatic heterocycles. The van der Waals surface area contributed by atoms with Gasteiger partial charge in [-0.05, 0) is 37.8 Å².